The Kier molecular flexibility index (Phi) is 4.70. The van der Waals surface area contributed by atoms with Crippen LogP contribution < -0.4 is 0 Å². The van der Waals surface area contributed by atoms with E-state index in [4.69, 9.17) is 0 Å². The van der Waals surface area contributed by atoms with E-state index in [9.17, 15) is 4.79 Å². The van der Waals surface area contributed by atoms with E-state index in [1.54, 1.807) is 16.2 Å². The maximum Gasteiger partial charge on any atom is 0.239 e. The van der Waals surface area contributed by atoms with Gasteiger partial charge in [-0.05, 0) is 23.9 Å². The lowest BCUT2D eigenvalue weighted by atomic mass is 10.2. The Morgan fingerprint density at radius 1 is 1.23 bits per heavy atom. The molecule has 1 amide bonds. The molecule has 2 aromatic rings. The molecule has 0 unspecified atom stereocenters. The second kappa shape index (κ2) is 6.89. The van der Waals surface area contributed by atoms with Crippen LogP contribution in [0.1, 0.15) is 17.4 Å². The van der Waals surface area contributed by atoms with Gasteiger partial charge in [-0.2, -0.15) is 5.10 Å². The van der Waals surface area contributed by atoms with Gasteiger partial charge in [0.15, 0.2) is 5.17 Å². The van der Waals surface area contributed by atoms with Gasteiger partial charge in [-0.15, -0.1) is 16.4 Å². The fourth-order valence-electron chi connectivity index (χ4n) is 2.04. The highest BCUT2D eigenvalue weighted by Crippen LogP contribution is 2.22. The van der Waals surface area contributed by atoms with Crippen LogP contribution in [0.4, 0.5) is 0 Å². The SMILES string of the molecule is C/C(=N\N=C1\SCC(=O)N1Cc1ccccc1)c1cccs1. The first-order chi connectivity index (χ1) is 10.7. The van der Waals surface area contributed by atoms with Crippen molar-refractivity contribution in [3.63, 3.8) is 0 Å². The number of amides is 1. The number of carbonyl (C=O) groups excluding carboxylic acids is 1. The van der Waals surface area contributed by atoms with E-state index in [1.807, 2.05) is 54.8 Å². The summed E-state index contributed by atoms with van der Waals surface area (Å²) < 4.78 is 0. The summed E-state index contributed by atoms with van der Waals surface area (Å²) in [5.74, 6) is 0.510. The van der Waals surface area contributed by atoms with Crippen LogP contribution in [-0.4, -0.2) is 27.4 Å². The molecule has 0 atom stereocenters. The third-order valence-electron chi connectivity index (χ3n) is 3.20. The fourth-order valence-corrected chi connectivity index (χ4v) is 3.55. The molecule has 1 aromatic heterocycles. The summed E-state index contributed by atoms with van der Waals surface area (Å²) in [6, 6.07) is 13.9. The average Bonchev–Trinajstić information content (AvgIpc) is 3.18. The molecule has 1 aromatic carbocycles. The van der Waals surface area contributed by atoms with Crippen LogP contribution in [-0.2, 0) is 11.3 Å². The molecule has 6 heteroatoms. The van der Waals surface area contributed by atoms with Crippen LogP contribution >= 0.6 is 23.1 Å². The third-order valence-corrected chi connectivity index (χ3v) is 5.13. The first-order valence-electron chi connectivity index (χ1n) is 6.87. The number of thioether (sulfide) groups is 1. The first kappa shape index (κ1) is 15.0. The van der Waals surface area contributed by atoms with Gasteiger partial charge in [-0.1, -0.05) is 48.2 Å². The van der Waals surface area contributed by atoms with Crippen molar-refractivity contribution >= 4 is 39.9 Å². The van der Waals surface area contributed by atoms with Gasteiger partial charge in [0.05, 0.1) is 22.9 Å². The van der Waals surface area contributed by atoms with Crippen molar-refractivity contribution in [3.8, 4) is 0 Å². The van der Waals surface area contributed by atoms with E-state index in [2.05, 4.69) is 10.2 Å². The lowest BCUT2D eigenvalue weighted by Crippen LogP contribution is -2.28. The van der Waals surface area contributed by atoms with Crippen LogP contribution in [0.5, 0.6) is 0 Å². The lowest BCUT2D eigenvalue weighted by Gasteiger charge is -2.15. The van der Waals surface area contributed by atoms with Gasteiger partial charge >= 0.3 is 0 Å². The Morgan fingerprint density at radius 3 is 2.77 bits per heavy atom. The Balaban J connectivity index is 1.78. The number of nitrogens with zero attached hydrogens (tertiary/aromatic N) is 3. The summed E-state index contributed by atoms with van der Waals surface area (Å²) in [7, 11) is 0. The maximum absolute atomic E-state index is 12.0. The molecule has 0 saturated carbocycles. The van der Waals surface area contributed by atoms with Crippen LogP contribution in [0.25, 0.3) is 0 Å². The van der Waals surface area contributed by atoms with Gasteiger partial charge in [-0.3, -0.25) is 9.69 Å². The lowest BCUT2D eigenvalue weighted by molar-refractivity contribution is -0.124. The number of benzene rings is 1. The zero-order valence-electron chi connectivity index (χ0n) is 12.1. The molecule has 1 aliphatic rings. The number of rotatable bonds is 4. The van der Waals surface area contributed by atoms with Gasteiger partial charge in [0.2, 0.25) is 5.91 Å². The average molecular weight is 329 g/mol. The zero-order chi connectivity index (χ0) is 15.4. The molecular weight excluding hydrogens is 314 g/mol. The predicted molar refractivity (Wildman–Crippen MR) is 93.4 cm³/mol. The second-order valence-electron chi connectivity index (χ2n) is 4.80. The van der Waals surface area contributed by atoms with Gasteiger partial charge in [0, 0.05) is 0 Å². The summed E-state index contributed by atoms with van der Waals surface area (Å²) in [4.78, 5) is 14.8. The molecule has 1 saturated heterocycles. The molecule has 0 radical (unpaired) electrons. The molecule has 0 spiro atoms. The number of thiophene rings is 1. The van der Waals surface area contributed by atoms with Crippen molar-refractivity contribution in [2.24, 2.45) is 10.2 Å². The quantitative estimate of drug-likeness (QED) is 0.635. The fraction of sp³-hybridized carbons (Fsp3) is 0.188. The summed E-state index contributed by atoms with van der Waals surface area (Å²) >= 11 is 3.07. The Labute approximate surface area is 137 Å². The van der Waals surface area contributed by atoms with Crippen molar-refractivity contribution < 1.29 is 4.79 Å². The Bertz CT molecular complexity index is 708. The number of carbonyl (C=O) groups is 1. The van der Waals surface area contributed by atoms with E-state index in [-0.39, 0.29) is 5.91 Å². The zero-order valence-corrected chi connectivity index (χ0v) is 13.7. The Morgan fingerprint density at radius 2 is 2.05 bits per heavy atom. The molecule has 0 aliphatic carbocycles. The van der Waals surface area contributed by atoms with Crippen molar-refractivity contribution in [1.82, 2.24) is 4.90 Å². The summed E-state index contributed by atoms with van der Waals surface area (Å²) in [5, 5.41) is 11.2. The molecule has 3 rings (SSSR count). The van der Waals surface area contributed by atoms with Crippen LogP contribution in [0, 0.1) is 0 Å². The molecule has 0 bridgehead atoms. The smallest absolute Gasteiger partial charge is 0.239 e. The summed E-state index contributed by atoms with van der Waals surface area (Å²) in [6.07, 6.45) is 0. The Hall–Kier alpha value is -1.92. The minimum atomic E-state index is 0.0802. The molecule has 112 valence electrons. The van der Waals surface area contributed by atoms with Crippen molar-refractivity contribution in [1.29, 1.82) is 0 Å². The van der Waals surface area contributed by atoms with Crippen molar-refractivity contribution in [2.75, 3.05) is 5.75 Å². The van der Waals surface area contributed by atoms with Crippen molar-refractivity contribution in [2.45, 2.75) is 13.5 Å². The number of hydrogen-bond donors (Lipinski definition) is 0. The first-order valence-corrected chi connectivity index (χ1v) is 8.74. The summed E-state index contributed by atoms with van der Waals surface area (Å²) in [5.41, 5.74) is 1.95. The van der Waals surface area contributed by atoms with Crippen LogP contribution in [0.3, 0.4) is 0 Å². The molecule has 2 heterocycles. The molecule has 22 heavy (non-hydrogen) atoms. The van der Waals surface area contributed by atoms with Gasteiger partial charge < -0.3 is 0 Å². The topological polar surface area (TPSA) is 45.0 Å². The molecule has 1 fully saturated rings. The van der Waals surface area contributed by atoms with Crippen molar-refractivity contribution in [3.05, 3.63) is 58.3 Å². The number of amidine groups is 1. The number of hydrogen-bond acceptors (Lipinski definition) is 5. The minimum absolute atomic E-state index is 0.0802. The molecular formula is C16H15N3OS2. The van der Waals surface area contributed by atoms with Gasteiger partial charge in [-0.25, -0.2) is 0 Å². The van der Waals surface area contributed by atoms with E-state index in [0.717, 1.165) is 16.2 Å². The second-order valence-corrected chi connectivity index (χ2v) is 6.69. The highest BCUT2D eigenvalue weighted by molar-refractivity contribution is 8.15. The van der Waals surface area contributed by atoms with Crippen LogP contribution in [0.2, 0.25) is 0 Å². The monoisotopic (exact) mass is 329 g/mol. The third kappa shape index (κ3) is 3.45. The van der Waals surface area contributed by atoms with E-state index < -0.39 is 0 Å². The minimum Gasteiger partial charge on any atom is -0.285 e. The highest BCUT2D eigenvalue weighted by Gasteiger charge is 2.28. The predicted octanol–water partition coefficient (Wildman–Crippen LogP) is 3.60. The van der Waals surface area contributed by atoms with E-state index in [1.165, 1.54) is 11.8 Å². The highest BCUT2D eigenvalue weighted by atomic mass is 32.2. The molecule has 4 nitrogen and oxygen atoms in total. The normalized spacial score (nSPS) is 17.5. The largest absolute Gasteiger partial charge is 0.285 e. The van der Waals surface area contributed by atoms with Gasteiger partial charge in [0.1, 0.15) is 0 Å². The van der Waals surface area contributed by atoms with Crippen LogP contribution in [0.15, 0.2) is 58.0 Å². The maximum atomic E-state index is 12.0. The van der Waals surface area contributed by atoms with E-state index in [0.29, 0.717) is 17.5 Å². The van der Waals surface area contributed by atoms with E-state index >= 15 is 0 Å². The standard InChI is InChI=1S/C16H15N3OS2/c1-12(14-8-5-9-21-14)17-18-16-19(15(20)11-22-16)10-13-6-3-2-4-7-13/h2-9H,10-11H2,1H3/b17-12+,18-16+. The molecule has 0 N–H and O–H groups in total. The summed E-state index contributed by atoms with van der Waals surface area (Å²) in [6.45, 7) is 2.47. The molecule has 1 aliphatic heterocycles. The van der Waals surface area contributed by atoms with Gasteiger partial charge in [0.25, 0.3) is 0 Å².